The molecule has 1 heterocycles. The molecule has 1 aromatic rings. The van der Waals surface area contributed by atoms with Crippen LogP contribution in [0.25, 0.3) is 0 Å². The molecule has 0 unspecified atom stereocenters. The van der Waals surface area contributed by atoms with Crippen molar-refractivity contribution in [2.75, 3.05) is 31.6 Å². The predicted molar refractivity (Wildman–Crippen MR) is 87.8 cm³/mol. The molecule has 0 radical (unpaired) electrons. The Morgan fingerprint density at radius 3 is 2.35 bits per heavy atom. The SMILES string of the molecule is CS(=O)(=O)CCN1C[C@H](c2ccccc2)[C@@H](N)C1.Cl.Cl. The van der Waals surface area contributed by atoms with Gasteiger partial charge in [0, 0.05) is 37.8 Å². The molecule has 0 saturated carbocycles. The van der Waals surface area contributed by atoms with Crippen molar-refractivity contribution in [1.29, 1.82) is 0 Å². The van der Waals surface area contributed by atoms with Crippen molar-refractivity contribution in [3.8, 4) is 0 Å². The second-order valence-corrected chi connectivity index (χ2v) is 7.33. The molecule has 1 aliphatic heterocycles. The number of hydrogen-bond donors (Lipinski definition) is 1. The minimum atomic E-state index is -2.89. The molecule has 0 spiro atoms. The highest BCUT2D eigenvalue weighted by Crippen LogP contribution is 2.25. The van der Waals surface area contributed by atoms with E-state index in [1.54, 1.807) is 0 Å². The number of likely N-dealkylation sites (tertiary alicyclic amines) is 1. The lowest BCUT2D eigenvalue weighted by Gasteiger charge is -2.15. The topological polar surface area (TPSA) is 63.4 Å². The fraction of sp³-hybridized carbons (Fsp3) is 0.538. The van der Waals surface area contributed by atoms with Crippen LogP contribution in [-0.2, 0) is 9.84 Å². The maximum absolute atomic E-state index is 11.2. The molecule has 0 aliphatic carbocycles. The lowest BCUT2D eigenvalue weighted by atomic mass is 9.95. The molecule has 0 bridgehead atoms. The summed E-state index contributed by atoms with van der Waals surface area (Å²) in [6.45, 7) is 2.20. The summed E-state index contributed by atoms with van der Waals surface area (Å²) in [5.41, 5.74) is 7.39. The molecular formula is C13H22Cl2N2O2S. The van der Waals surface area contributed by atoms with Gasteiger partial charge in [0.25, 0.3) is 0 Å². The molecule has 0 aromatic heterocycles. The van der Waals surface area contributed by atoms with Gasteiger partial charge in [0.2, 0.25) is 0 Å². The maximum atomic E-state index is 11.2. The van der Waals surface area contributed by atoms with Gasteiger partial charge >= 0.3 is 0 Å². The summed E-state index contributed by atoms with van der Waals surface area (Å²) in [5.74, 6) is 0.520. The van der Waals surface area contributed by atoms with Crippen LogP contribution in [0.1, 0.15) is 11.5 Å². The maximum Gasteiger partial charge on any atom is 0.148 e. The molecule has 2 N–H and O–H groups in total. The summed E-state index contributed by atoms with van der Waals surface area (Å²) in [7, 11) is -2.89. The third-order valence-electron chi connectivity index (χ3n) is 3.45. The molecule has 0 amide bonds. The molecular weight excluding hydrogens is 319 g/mol. The van der Waals surface area contributed by atoms with Crippen LogP contribution in [-0.4, -0.2) is 51.0 Å². The van der Waals surface area contributed by atoms with Crippen LogP contribution in [0.15, 0.2) is 30.3 Å². The lowest BCUT2D eigenvalue weighted by molar-refractivity contribution is 0.351. The normalized spacial score (nSPS) is 22.9. The molecule has 1 aromatic carbocycles. The Bertz CT molecular complexity index is 496. The second kappa shape index (κ2) is 8.20. The first-order valence-electron chi connectivity index (χ1n) is 6.16. The van der Waals surface area contributed by atoms with Crippen molar-refractivity contribution in [2.24, 2.45) is 5.73 Å². The highest BCUT2D eigenvalue weighted by molar-refractivity contribution is 7.90. The largest absolute Gasteiger partial charge is 0.326 e. The van der Waals surface area contributed by atoms with Crippen LogP contribution >= 0.6 is 24.8 Å². The summed E-state index contributed by atoms with van der Waals surface area (Å²) in [6.07, 6.45) is 1.28. The lowest BCUT2D eigenvalue weighted by Crippen LogP contribution is -2.30. The minimum absolute atomic E-state index is 0. The van der Waals surface area contributed by atoms with Crippen LogP contribution in [0.2, 0.25) is 0 Å². The molecule has 2 atom stereocenters. The highest BCUT2D eigenvalue weighted by atomic mass is 35.5. The first-order valence-corrected chi connectivity index (χ1v) is 8.22. The van der Waals surface area contributed by atoms with Crippen molar-refractivity contribution in [1.82, 2.24) is 4.90 Å². The number of nitrogens with two attached hydrogens (primary N) is 1. The zero-order valence-electron chi connectivity index (χ0n) is 11.4. The standard InChI is InChI=1S/C13H20N2O2S.2ClH/c1-18(16,17)8-7-15-9-12(13(14)10-15)11-5-3-2-4-6-11;;/h2-6,12-13H,7-10,14H2,1H3;2*1H/t12-,13+;;/m1../s1. The molecule has 2 rings (SSSR count). The molecule has 7 heteroatoms. The summed E-state index contributed by atoms with van der Waals surface area (Å²) >= 11 is 0. The summed E-state index contributed by atoms with van der Waals surface area (Å²) in [5, 5.41) is 0. The van der Waals surface area contributed by atoms with Gasteiger partial charge in [-0.25, -0.2) is 8.42 Å². The summed E-state index contributed by atoms with van der Waals surface area (Å²) in [6, 6.07) is 10.3. The number of rotatable bonds is 4. The van der Waals surface area contributed by atoms with E-state index in [-0.39, 0.29) is 36.6 Å². The van der Waals surface area contributed by atoms with Gasteiger partial charge in [-0.15, -0.1) is 24.8 Å². The third-order valence-corrected chi connectivity index (χ3v) is 4.37. The van der Waals surface area contributed by atoms with Crippen molar-refractivity contribution in [3.63, 3.8) is 0 Å². The van der Waals surface area contributed by atoms with Gasteiger partial charge in [0.05, 0.1) is 5.75 Å². The zero-order valence-corrected chi connectivity index (χ0v) is 13.9. The Labute approximate surface area is 133 Å². The number of hydrogen-bond acceptors (Lipinski definition) is 4. The molecule has 1 aliphatic rings. The van der Waals surface area contributed by atoms with E-state index >= 15 is 0 Å². The van der Waals surface area contributed by atoms with E-state index < -0.39 is 9.84 Å². The van der Waals surface area contributed by atoms with Gasteiger partial charge in [-0.2, -0.15) is 0 Å². The molecule has 1 saturated heterocycles. The van der Waals surface area contributed by atoms with Gasteiger partial charge in [0.1, 0.15) is 9.84 Å². The summed E-state index contributed by atoms with van der Waals surface area (Å²) in [4.78, 5) is 2.14. The molecule has 1 fully saturated rings. The Kier molecular flexibility index (Phi) is 8.06. The van der Waals surface area contributed by atoms with E-state index in [0.29, 0.717) is 12.5 Å². The smallest absolute Gasteiger partial charge is 0.148 e. The van der Waals surface area contributed by atoms with E-state index in [4.69, 9.17) is 5.73 Å². The Morgan fingerprint density at radius 2 is 1.80 bits per heavy atom. The number of sulfone groups is 1. The number of nitrogens with zero attached hydrogens (tertiary/aromatic N) is 1. The van der Waals surface area contributed by atoms with E-state index in [0.717, 1.165) is 13.1 Å². The van der Waals surface area contributed by atoms with Gasteiger partial charge in [-0.05, 0) is 5.56 Å². The zero-order chi connectivity index (χ0) is 13.2. The fourth-order valence-corrected chi connectivity index (χ4v) is 3.03. The van der Waals surface area contributed by atoms with Crippen LogP contribution in [0.4, 0.5) is 0 Å². The highest BCUT2D eigenvalue weighted by Gasteiger charge is 2.31. The van der Waals surface area contributed by atoms with Gasteiger partial charge in [0.15, 0.2) is 0 Å². The number of halogens is 2. The van der Waals surface area contributed by atoms with Crippen molar-refractivity contribution >= 4 is 34.7 Å². The van der Waals surface area contributed by atoms with Gasteiger partial charge in [-0.1, -0.05) is 30.3 Å². The molecule has 20 heavy (non-hydrogen) atoms. The Balaban J connectivity index is 0.00000180. The van der Waals surface area contributed by atoms with Crippen molar-refractivity contribution in [3.05, 3.63) is 35.9 Å². The summed E-state index contributed by atoms with van der Waals surface area (Å²) < 4.78 is 22.3. The average Bonchev–Trinajstić information content (AvgIpc) is 2.68. The first-order chi connectivity index (χ1) is 8.46. The quantitative estimate of drug-likeness (QED) is 0.897. The van der Waals surface area contributed by atoms with E-state index in [1.807, 2.05) is 18.2 Å². The van der Waals surface area contributed by atoms with E-state index in [2.05, 4.69) is 17.0 Å². The van der Waals surface area contributed by atoms with Crippen molar-refractivity contribution < 1.29 is 8.42 Å². The van der Waals surface area contributed by atoms with Gasteiger partial charge < -0.3 is 10.6 Å². The third kappa shape index (κ3) is 5.58. The number of benzene rings is 1. The van der Waals surface area contributed by atoms with Crippen LogP contribution in [0.3, 0.4) is 0 Å². The Hall–Kier alpha value is -0.330. The van der Waals surface area contributed by atoms with Crippen molar-refractivity contribution in [2.45, 2.75) is 12.0 Å². The monoisotopic (exact) mass is 340 g/mol. The van der Waals surface area contributed by atoms with E-state index in [1.165, 1.54) is 11.8 Å². The van der Waals surface area contributed by atoms with Crippen LogP contribution < -0.4 is 5.73 Å². The minimum Gasteiger partial charge on any atom is -0.326 e. The fourth-order valence-electron chi connectivity index (χ4n) is 2.44. The second-order valence-electron chi connectivity index (χ2n) is 5.07. The average molecular weight is 341 g/mol. The van der Waals surface area contributed by atoms with Crippen LogP contribution in [0.5, 0.6) is 0 Å². The van der Waals surface area contributed by atoms with Gasteiger partial charge in [-0.3, -0.25) is 0 Å². The predicted octanol–water partition coefficient (Wildman–Crippen LogP) is 1.30. The van der Waals surface area contributed by atoms with Crippen LogP contribution in [0, 0.1) is 0 Å². The first kappa shape index (κ1) is 19.7. The molecule has 4 nitrogen and oxygen atoms in total. The molecule has 116 valence electrons. The van der Waals surface area contributed by atoms with E-state index in [9.17, 15) is 8.42 Å². The Morgan fingerprint density at radius 1 is 1.20 bits per heavy atom.